The number of likely N-dealkylation sites (tertiary alicyclic amines) is 1. The van der Waals surface area contributed by atoms with Crippen LogP contribution in [0, 0.1) is 5.92 Å². The fourth-order valence-corrected chi connectivity index (χ4v) is 3.75. The Morgan fingerprint density at radius 3 is 2.50 bits per heavy atom. The predicted molar refractivity (Wildman–Crippen MR) is 99.1 cm³/mol. The Bertz CT molecular complexity index is 737. The Kier molecular flexibility index (Phi) is 4.61. The third kappa shape index (κ3) is 3.68. The summed E-state index contributed by atoms with van der Waals surface area (Å²) >= 11 is 0. The van der Waals surface area contributed by atoms with E-state index in [2.05, 4.69) is 63.4 Å². The Morgan fingerprint density at radius 2 is 1.71 bits per heavy atom. The van der Waals surface area contributed by atoms with Crippen molar-refractivity contribution in [2.24, 2.45) is 5.92 Å². The van der Waals surface area contributed by atoms with Crippen LogP contribution in [0.25, 0.3) is 11.0 Å². The Hall–Kier alpha value is -2.13. The Morgan fingerprint density at radius 1 is 0.958 bits per heavy atom. The summed E-state index contributed by atoms with van der Waals surface area (Å²) in [5.41, 5.74) is 3.71. The Labute approximate surface area is 143 Å². The molecular formula is C21H25N3. The predicted octanol–water partition coefficient (Wildman–Crippen LogP) is 4.06. The number of benzene rings is 2. The zero-order valence-electron chi connectivity index (χ0n) is 14.1. The highest BCUT2D eigenvalue weighted by Gasteiger charge is 2.19. The summed E-state index contributed by atoms with van der Waals surface area (Å²) in [5, 5.41) is 0. The summed E-state index contributed by atoms with van der Waals surface area (Å²) < 4.78 is 0. The van der Waals surface area contributed by atoms with Crippen LogP contribution in [0.4, 0.5) is 0 Å². The topological polar surface area (TPSA) is 31.9 Å². The van der Waals surface area contributed by atoms with Crippen LogP contribution in [0.1, 0.15) is 24.2 Å². The molecule has 1 aliphatic rings. The van der Waals surface area contributed by atoms with Gasteiger partial charge in [0.2, 0.25) is 0 Å². The second-order valence-corrected chi connectivity index (χ2v) is 6.93. The van der Waals surface area contributed by atoms with Gasteiger partial charge in [0.15, 0.2) is 0 Å². The lowest BCUT2D eigenvalue weighted by atomic mass is 9.90. The number of nitrogens with one attached hydrogen (secondary N) is 1. The Balaban J connectivity index is 1.26. The summed E-state index contributed by atoms with van der Waals surface area (Å²) in [6, 6.07) is 19.2. The van der Waals surface area contributed by atoms with Crippen molar-refractivity contribution in [3.63, 3.8) is 0 Å². The van der Waals surface area contributed by atoms with Gasteiger partial charge in [-0.1, -0.05) is 42.5 Å². The van der Waals surface area contributed by atoms with Gasteiger partial charge in [0, 0.05) is 13.0 Å². The molecule has 2 aromatic carbocycles. The average molecular weight is 319 g/mol. The number of hydrogen-bond acceptors (Lipinski definition) is 2. The van der Waals surface area contributed by atoms with Gasteiger partial charge in [0.1, 0.15) is 5.82 Å². The van der Waals surface area contributed by atoms with Crippen molar-refractivity contribution in [3.05, 3.63) is 66.0 Å². The van der Waals surface area contributed by atoms with Gasteiger partial charge in [-0.25, -0.2) is 4.98 Å². The van der Waals surface area contributed by atoms with Gasteiger partial charge < -0.3 is 9.88 Å². The van der Waals surface area contributed by atoms with Gasteiger partial charge in [-0.2, -0.15) is 0 Å². The largest absolute Gasteiger partial charge is 0.342 e. The SMILES string of the molecule is c1ccc(CC2CCN(CCc3nc4ccccc4[nH]3)CC2)cc1. The average Bonchev–Trinajstić information content (AvgIpc) is 3.05. The molecule has 0 amide bonds. The van der Waals surface area contributed by atoms with Crippen LogP contribution in [0.3, 0.4) is 0 Å². The summed E-state index contributed by atoms with van der Waals surface area (Å²) in [6.45, 7) is 3.55. The lowest BCUT2D eigenvalue weighted by Crippen LogP contribution is -2.35. The second-order valence-electron chi connectivity index (χ2n) is 6.93. The molecule has 0 spiro atoms. The quantitative estimate of drug-likeness (QED) is 0.769. The first-order valence-electron chi connectivity index (χ1n) is 9.07. The number of rotatable bonds is 5. The number of H-pyrrole nitrogens is 1. The van der Waals surface area contributed by atoms with E-state index in [9.17, 15) is 0 Å². The monoisotopic (exact) mass is 319 g/mol. The zero-order valence-corrected chi connectivity index (χ0v) is 14.1. The molecule has 1 aromatic heterocycles. The minimum absolute atomic E-state index is 0.842. The molecule has 3 nitrogen and oxygen atoms in total. The van der Waals surface area contributed by atoms with E-state index in [4.69, 9.17) is 0 Å². The molecule has 0 radical (unpaired) electrons. The minimum Gasteiger partial charge on any atom is -0.342 e. The van der Waals surface area contributed by atoms with Crippen LogP contribution in [0.15, 0.2) is 54.6 Å². The van der Waals surface area contributed by atoms with E-state index in [1.165, 1.54) is 37.9 Å². The first-order chi connectivity index (χ1) is 11.9. The van der Waals surface area contributed by atoms with E-state index in [1.54, 1.807) is 0 Å². The normalized spacial score (nSPS) is 16.7. The summed E-state index contributed by atoms with van der Waals surface area (Å²) in [6.07, 6.45) is 4.88. The molecular weight excluding hydrogens is 294 g/mol. The number of aromatic amines is 1. The number of fused-ring (bicyclic) bond motifs is 1. The van der Waals surface area contributed by atoms with Crippen LogP contribution >= 0.6 is 0 Å². The zero-order chi connectivity index (χ0) is 16.2. The maximum absolute atomic E-state index is 4.69. The van der Waals surface area contributed by atoms with E-state index in [0.717, 1.165) is 35.7 Å². The standard InChI is InChI=1S/C21H25N3/c1-2-6-17(7-3-1)16-18-10-13-24(14-11-18)15-12-21-22-19-8-4-5-9-20(19)23-21/h1-9,18H,10-16H2,(H,22,23). The van der Waals surface area contributed by atoms with Crippen molar-refractivity contribution in [2.75, 3.05) is 19.6 Å². The highest BCUT2D eigenvalue weighted by molar-refractivity contribution is 5.74. The van der Waals surface area contributed by atoms with E-state index >= 15 is 0 Å². The van der Waals surface area contributed by atoms with Crippen LogP contribution in [0.5, 0.6) is 0 Å². The molecule has 124 valence electrons. The van der Waals surface area contributed by atoms with Crippen molar-refractivity contribution < 1.29 is 0 Å². The van der Waals surface area contributed by atoms with Crippen LogP contribution in [0.2, 0.25) is 0 Å². The third-order valence-corrected chi connectivity index (χ3v) is 5.18. The van der Waals surface area contributed by atoms with E-state index in [1.807, 2.05) is 6.07 Å². The van der Waals surface area contributed by atoms with Gasteiger partial charge in [-0.05, 0) is 56.0 Å². The summed E-state index contributed by atoms with van der Waals surface area (Å²) in [5.74, 6) is 1.96. The molecule has 4 rings (SSSR count). The molecule has 1 aliphatic heterocycles. The molecule has 3 aromatic rings. The van der Waals surface area contributed by atoms with Gasteiger partial charge in [-0.15, -0.1) is 0 Å². The van der Waals surface area contributed by atoms with Crippen LogP contribution < -0.4 is 0 Å². The van der Waals surface area contributed by atoms with Crippen LogP contribution in [-0.4, -0.2) is 34.5 Å². The molecule has 24 heavy (non-hydrogen) atoms. The fourth-order valence-electron chi connectivity index (χ4n) is 3.75. The van der Waals surface area contributed by atoms with Crippen molar-refractivity contribution >= 4 is 11.0 Å². The first kappa shape index (κ1) is 15.4. The molecule has 0 saturated carbocycles. The lowest BCUT2D eigenvalue weighted by molar-refractivity contribution is 0.185. The number of imidazole rings is 1. The molecule has 0 atom stereocenters. The first-order valence-corrected chi connectivity index (χ1v) is 9.07. The maximum Gasteiger partial charge on any atom is 0.108 e. The van der Waals surface area contributed by atoms with E-state index < -0.39 is 0 Å². The smallest absolute Gasteiger partial charge is 0.108 e. The van der Waals surface area contributed by atoms with Crippen molar-refractivity contribution in [2.45, 2.75) is 25.7 Å². The number of nitrogens with zero attached hydrogens (tertiary/aromatic N) is 2. The van der Waals surface area contributed by atoms with Gasteiger partial charge in [-0.3, -0.25) is 0 Å². The number of para-hydroxylation sites is 2. The molecule has 1 N–H and O–H groups in total. The van der Waals surface area contributed by atoms with Gasteiger partial charge in [0.05, 0.1) is 11.0 Å². The summed E-state index contributed by atoms with van der Waals surface area (Å²) in [4.78, 5) is 10.7. The van der Waals surface area contributed by atoms with E-state index in [-0.39, 0.29) is 0 Å². The number of piperidine rings is 1. The number of hydrogen-bond donors (Lipinski definition) is 1. The van der Waals surface area contributed by atoms with E-state index in [0.29, 0.717) is 0 Å². The molecule has 0 unspecified atom stereocenters. The van der Waals surface area contributed by atoms with Crippen molar-refractivity contribution in [3.8, 4) is 0 Å². The molecule has 0 aliphatic carbocycles. The maximum atomic E-state index is 4.69. The highest BCUT2D eigenvalue weighted by Crippen LogP contribution is 2.22. The number of aromatic nitrogens is 2. The fraction of sp³-hybridized carbons (Fsp3) is 0.381. The highest BCUT2D eigenvalue weighted by atomic mass is 15.1. The minimum atomic E-state index is 0.842. The third-order valence-electron chi connectivity index (χ3n) is 5.18. The molecule has 1 fully saturated rings. The molecule has 1 saturated heterocycles. The van der Waals surface area contributed by atoms with Gasteiger partial charge >= 0.3 is 0 Å². The van der Waals surface area contributed by atoms with Crippen LogP contribution in [-0.2, 0) is 12.8 Å². The summed E-state index contributed by atoms with van der Waals surface area (Å²) in [7, 11) is 0. The van der Waals surface area contributed by atoms with Crippen molar-refractivity contribution in [1.82, 2.24) is 14.9 Å². The molecule has 3 heteroatoms. The molecule has 2 heterocycles. The molecule has 0 bridgehead atoms. The van der Waals surface area contributed by atoms with Gasteiger partial charge in [0.25, 0.3) is 0 Å². The van der Waals surface area contributed by atoms with Crippen molar-refractivity contribution in [1.29, 1.82) is 0 Å². The second kappa shape index (κ2) is 7.18. The lowest BCUT2D eigenvalue weighted by Gasteiger charge is -2.31.